The Morgan fingerprint density at radius 1 is 0.900 bits per heavy atom. The van der Waals surface area contributed by atoms with Gasteiger partial charge in [0.2, 0.25) is 0 Å². The minimum atomic E-state index is -0.258. The van der Waals surface area contributed by atoms with E-state index in [1.54, 1.807) is 13.3 Å². The smallest absolute Gasteiger partial charge is 0.250 e. The van der Waals surface area contributed by atoms with Gasteiger partial charge in [0.25, 0.3) is 5.91 Å². The van der Waals surface area contributed by atoms with E-state index in [4.69, 9.17) is 9.47 Å². The van der Waals surface area contributed by atoms with E-state index in [2.05, 4.69) is 20.7 Å². The number of carbonyl (C=O) groups is 1. The maximum Gasteiger partial charge on any atom is 0.250 e. The molecule has 5 rings (SSSR count). The zero-order valence-electron chi connectivity index (χ0n) is 21.8. The van der Waals surface area contributed by atoms with Crippen molar-refractivity contribution in [2.45, 2.75) is 11.8 Å². The molecule has 40 heavy (non-hydrogen) atoms. The fraction of sp³-hybridized carbons (Fsp3) is 0.0968. The number of hydrogen-bond donors (Lipinski definition) is 1. The predicted molar refractivity (Wildman–Crippen MR) is 157 cm³/mol. The highest BCUT2D eigenvalue weighted by Crippen LogP contribution is 2.29. The lowest BCUT2D eigenvalue weighted by Crippen LogP contribution is -2.20. The molecule has 9 heteroatoms. The highest BCUT2D eigenvalue weighted by molar-refractivity contribution is 7.99. The van der Waals surface area contributed by atoms with E-state index in [9.17, 15) is 4.79 Å². The van der Waals surface area contributed by atoms with E-state index in [0.29, 0.717) is 17.6 Å². The largest absolute Gasteiger partial charge is 0.497 e. The number of methoxy groups -OCH3 is 1. The lowest BCUT2D eigenvalue weighted by atomic mass is 10.2. The number of nitrogens with one attached hydrogen (secondary N) is 1. The van der Waals surface area contributed by atoms with Crippen LogP contribution in [0.5, 0.6) is 11.5 Å². The van der Waals surface area contributed by atoms with E-state index < -0.39 is 0 Å². The van der Waals surface area contributed by atoms with Crippen molar-refractivity contribution in [2.24, 2.45) is 5.10 Å². The summed E-state index contributed by atoms with van der Waals surface area (Å²) >= 11 is 1.29. The summed E-state index contributed by atoms with van der Waals surface area (Å²) in [5.41, 5.74) is 6.27. The summed E-state index contributed by atoms with van der Waals surface area (Å²) in [6, 6.07) is 34.9. The SMILES string of the molecule is COc1ccc(-c2nnc(SCC(=O)N/N=C\c3cccc(OCc4ccccc4)c3)n2-c2ccccc2)cc1. The maximum absolute atomic E-state index is 12.6. The van der Waals surface area contributed by atoms with Crippen LogP contribution in [0.2, 0.25) is 0 Å². The first kappa shape index (κ1) is 26.7. The Kier molecular flexibility index (Phi) is 8.85. The molecular formula is C31H27N5O3S. The van der Waals surface area contributed by atoms with Crippen LogP contribution >= 0.6 is 11.8 Å². The number of hydrazone groups is 1. The van der Waals surface area contributed by atoms with Gasteiger partial charge in [0.15, 0.2) is 11.0 Å². The van der Waals surface area contributed by atoms with Crippen molar-refractivity contribution < 1.29 is 14.3 Å². The Morgan fingerprint density at radius 3 is 2.40 bits per heavy atom. The number of aromatic nitrogens is 3. The van der Waals surface area contributed by atoms with Crippen molar-refractivity contribution in [1.29, 1.82) is 0 Å². The van der Waals surface area contributed by atoms with Crippen LogP contribution in [-0.2, 0) is 11.4 Å². The molecule has 0 fully saturated rings. The fourth-order valence-corrected chi connectivity index (χ4v) is 4.61. The van der Waals surface area contributed by atoms with E-state index in [-0.39, 0.29) is 11.7 Å². The van der Waals surface area contributed by atoms with Gasteiger partial charge in [0.1, 0.15) is 18.1 Å². The zero-order chi connectivity index (χ0) is 27.6. The quantitative estimate of drug-likeness (QED) is 0.128. The van der Waals surface area contributed by atoms with Crippen LogP contribution in [0.3, 0.4) is 0 Å². The summed E-state index contributed by atoms with van der Waals surface area (Å²) < 4.78 is 13.1. The molecule has 4 aromatic carbocycles. The summed E-state index contributed by atoms with van der Waals surface area (Å²) in [4.78, 5) is 12.6. The second kappa shape index (κ2) is 13.3. The summed E-state index contributed by atoms with van der Waals surface area (Å²) in [6.07, 6.45) is 1.59. The van der Waals surface area contributed by atoms with Crippen LogP contribution in [0.4, 0.5) is 0 Å². The minimum Gasteiger partial charge on any atom is -0.497 e. The van der Waals surface area contributed by atoms with Gasteiger partial charge in [0, 0.05) is 11.3 Å². The molecule has 0 saturated heterocycles. The summed E-state index contributed by atoms with van der Waals surface area (Å²) in [7, 11) is 1.63. The molecule has 1 aromatic heterocycles. The van der Waals surface area contributed by atoms with Crippen LogP contribution < -0.4 is 14.9 Å². The molecule has 0 spiro atoms. The molecule has 200 valence electrons. The highest BCUT2D eigenvalue weighted by Gasteiger charge is 2.17. The number of carbonyl (C=O) groups excluding carboxylic acids is 1. The van der Waals surface area contributed by atoms with Gasteiger partial charge in [-0.15, -0.1) is 10.2 Å². The number of ether oxygens (including phenoxy) is 2. The van der Waals surface area contributed by atoms with Gasteiger partial charge in [-0.2, -0.15) is 5.10 Å². The van der Waals surface area contributed by atoms with Crippen LogP contribution in [-0.4, -0.2) is 39.7 Å². The van der Waals surface area contributed by atoms with Crippen molar-refractivity contribution in [1.82, 2.24) is 20.2 Å². The predicted octanol–water partition coefficient (Wildman–Crippen LogP) is 5.76. The van der Waals surface area contributed by atoms with E-state index in [0.717, 1.165) is 33.9 Å². The molecule has 8 nitrogen and oxygen atoms in total. The zero-order valence-corrected chi connectivity index (χ0v) is 22.6. The molecule has 0 radical (unpaired) electrons. The third kappa shape index (κ3) is 6.95. The average Bonchev–Trinajstić information content (AvgIpc) is 3.44. The van der Waals surface area contributed by atoms with Gasteiger partial charge in [0.05, 0.1) is 19.1 Å². The van der Waals surface area contributed by atoms with Gasteiger partial charge < -0.3 is 9.47 Å². The molecule has 0 aliphatic rings. The van der Waals surface area contributed by atoms with Gasteiger partial charge in [-0.05, 0) is 59.7 Å². The molecule has 1 N–H and O–H groups in total. The molecule has 0 bridgehead atoms. The first-order chi connectivity index (χ1) is 19.7. The standard InChI is InChI=1S/C31H27N5O3S/c1-38-27-17-15-25(16-18-27)30-34-35-31(36(30)26-12-6-3-7-13-26)40-22-29(37)33-32-20-24-11-8-14-28(19-24)39-21-23-9-4-2-5-10-23/h2-20H,21-22H2,1H3,(H,33,37)/b32-20-. The molecule has 5 aromatic rings. The van der Waals surface area contributed by atoms with Crippen molar-refractivity contribution >= 4 is 23.9 Å². The summed E-state index contributed by atoms with van der Waals surface area (Å²) in [5, 5.41) is 13.5. The Bertz CT molecular complexity index is 1570. The van der Waals surface area contributed by atoms with E-state index in [1.807, 2.05) is 114 Å². The van der Waals surface area contributed by atoms with Gasteiger partial charge in [-0.25, -0.2) is 5.43 Å². The number of hydrogen-bond acceptors (Lipinski definition) is 7. The van der Waals surface area contributed by atoms with Crippen LogP contribution in [0, 0.1) is 0 Å². The maximum atomic E-state index is 12.6. The van der Waals surface area contributed by atoms with Crippen molar-refractivity contribution in [3.05, 3.63) is 120 Å². The monoisotopic (exact) mass is 549 g/mol. The normalized spacial score (nSPS) is 10.9. The Balaban J connectivity index is 1.21. The molecule has 0 unspecified atom stereocenters. The number of amides is 1. The summed E-state index contributed by atoms with van der Waals surface area (Å²) in [5.74, 6) is 2.01. The Labute approximate surface area is 236 Å². The molecular weight excluding hydrogens is 522 g/mol. The van der Waals surface area contributed by atoms with Crippen LogP contribution in [0.25, 0.3) is 17.1 Å². The molecule has 0 aliphatic heterocycles. The number of thioether (sulfide) groups is 1. The third-order valence-electron chi connectivity index (χ3n) is 5.84. The topological polar surface area (TPSA) is 90.6 Å². The van der Waals surface area contributed by atoms with Gasteiger partial charge in [-0.3, -0.25) is 9.36 Å². The first-order valence-electron chi connectivity index (χ1n) is 12.6. The molecule has 0 atom stereocenters. The first-order valence-corrected chi connectivity index (χ1v) is 13.5. The summed E-state index contributed by atoms with van der Waals surface area (Å²) in [6.45, 7) is 0.475. The van der Waals surface area contributed by atoms with Crippen LogP contribution in [0.15, 0.2) is 119 Å². The van der Waals surface area contributed by atoms with E-state index in [1.165, 1.54) is 11.8 Å². The Morgan fingerprint density at radius 2 is 1.65 bits per heavy atom. The van der Waals surface area contributed by atoms with Crippen molar-refractivity contribution in [3.63, 3.8) is 0 Å². The van der Waals surface area contributed by atoms with Gasteiger partial charge >= 0.3 is 0 Å². The number of nitrogens with zero attached hydrogens (tertiary/aromatic N) is 4. The molecule has 0 saturated carbocycles. The molecule has 1 amide bonds. The van der Waals surface area contributed by atoms with Crippen molar-refractivity contribution in [2.75, 3.05) is 12.9 Å². The number of rotatable bonds is 11. The fourth-order valence-electron chi connectivity index (χ4n) is 3.87. The molecule has 0 aliphatic carbocycles. The number of para-hydroxylation sites is 1. The second-order valence-electron chi connectivity index (χ2n) is 8.63. The number of benzene rings is 4. The average molecular weight is 550 g/mol. The lowest BCUT2D eigenvalue weighted by molar-refractivity contribution is -0.118. The Hall–Kier alpha value is -4.89. The minimum absolute atomic E-state index is 0.116. The van der Waals surface area contributed by atoms with Crippen molar-refractivity contribution in [3.8, 4) is 28.6 Å². The third-order valence-corrected chi connectivity index (χ3v) is 6.77. The van der Waals surface area contributed by atoms with E-state index >= 15 is 0 Å². The second-order valence-corrected chi connectivity index (χ2v) is 9.58. The highest BCUT2D eigenvalue weighted by atomic mass is 32.2. The van der Waals surface area contributed by atoms with Crippen LogP contribution in [0.1, 0.15) is 11.1 Å². The molecule has 1 heterocycles. The van der Waals surface area contributed by atoms with Gasteiger partial charge in [-0.1, -0.05) is 72.4 Å². The lowest BCUT2D eigenvalue weighted by Gasteiger charge is -2.10.